The molecule has 2 aliphatic heterocycles. The van der Waals surface area contributed by atoms with Crippen molar-refractivity contribution in [3.05, 3.63) is 74.2 Å². The number of nitrogens with one attached hydrogen (secondary N) is 1. The number of hydrogen-bond acceptors (Lipinski definition) is 4. The van der Waals surface area contributed by atoms with Gasteiger partial charge in [0.2, 0.25) is 0 Å². The van der Waals surface area contributed by atoms with E-state index in [1.807, 2.05) is 24.3 Å². The third kappa shape index (κ3) is 7.47. The number of carbonyl (C=O) groups is 1. The lowest BCUT2D eigenvalue weighted by atomic mass is 9.89. The lowest BCUT2D eigenvalue weighted by molar-refractivity contribution is -0.107. The minimum Gasteiger partial charge on any atom is -0.378 e. The van der Waals surface area contributed by atoms with Crippen molar-refractivity contribution in [2.75, 3.05) is 39.8 Å². The SMILES string of the molecule is CN1CCC(N2CCC(c3ccc(Cl)cc3)CC2)C1.O=CCNC(=C1CC1)c1ccc(Cl)c(Cl)c1. The molecule has 5 rings (SSSR count). The Balaban J connectivity index is 0.000000168. The summed E-state index contributed by atoms with van der Waals surface area (Å²) in [4.78, 5) is 15.5. The Morgan fingerprint density at radius 2 is 1.69 bits per heavy atom. The van der Waals surface area contributed by atoms with Gasteiger partial charge in [-0.3, -0.25) is 4.90 Å². The van der Waals surface area contributed by atoms with Crippen LogP contribution in [0.2, 0.25) is 15.1 Å². The fourth-order valence-electron chi connectivity index (χ4n) is 5.08. The lowest BCUT2D eigenvalue weighted by Crippen LogP contribution is -2.42. The van der Waals surface area contributed by atoms with E-state index in [4.69, 9.17) is 34.8 Å². The Morgan fingerprint density at radius 3 is 2.26 bits per heavy atom. The van der Waals surface area contributed by atoms with Crippen LogP contribution in [0.4, 0.5) is 0 Å². The zero-order chi connectivity index (χ0) is 24.8. The van der Waals surface area contributed by atoms with Crippen LogP contribution in [0.5, 0.6) is 0 Å². The Labute approximate surface area is 224 Å². The Bertz CT molecular complexity index is 1030. The van der Waals surface area contributed by atoms with E-state index in [0.717, 1.165) is 47.4 Å². The molecular weight excluding hydrogens is 501 g/mol. The highest BCUT2D eigenvalue weighted by Crippen LogP contribution is 2.36. The normalized spacial score (nSPS) is 20.8. The summed E-state index contributed by atoms with van der Waals surface area (Å²) >= 11 is 17.8. The van der Waals surface area contributed by atoms with Crippen molar-refractivity contribution < 1.29 is 4.79 Å². The van der Waals surface area contributed by atoms with Crippen molar-refractivity contribution in [1.29, 1.82) is 0 Å². The molecule has 0 amide bonds. The average molecular weight is 535 g/mol. The largest absolute Gasteiger partial charge is 0.378 e. The third-order valence-corrected chi connectivity index (χ3v) is 8.17. The zero-order valence-electron chi connectivity index (χ0n) is 20.3. The number of rotatable bonds is 6. The molecule has 1 saturated carbocycles. The van der Waals surface area contributed by atoms with Gasteiger partial charge in [-0.1, -0.05) is 53.0 Å². The number of benzene rings is 2. The molecule has 188 valence electrons. The molecule has 2 heterocycles. The first-order valence-electron chi connectivity index (χ1n) is 12.5. The van der Waals surface area contributed by atoms with E-state index in [-0.39, 0.29) is 0 Å². The van der Waals surface area contributed by atoms with Gasteiger partial charge in [-0.15, -0.1) is 0 Å². The number of likely N-dealkylation sites (N-methyl/N-ethyl adjacent to an activating group) is 1. The quantitative estimate of drug-likeness (QED) is 0.429. The summed E-state index contributed by atoms with van der Waals surface area (Å²) in [6.07, 6.45) is 6.95. The van der Waals surface area contributed by atoms with Gasteiger partial charge in [-0.05, 0) is 106 Å². The first-order valence-corrected chi connectivity index (χ1v) is 13.6. The van der Waals surface area contributed by atoms with Gasteiger partial charge in [0.1, 0.15) is 6.29 Å². The second kappa shape index (κ2) is 12.6. The number of piperidine rings is 1. The zero-order valence-corrected chi connectivity index (χ0v) is 22.5. The van der Waals surface area contributed by atoms with E-state index in [2.05, 4.69) is 34.3 Å². The van der Waals surface area contributed by atoms with Crippen molar-refractivity contribution in [3.8, 4) is 0 Å². The maximum absolute atomic E-state index is 10.4. The molecule has 35 heavy (non-hydrogen) atoms. The molecule has 0 aromatic heterocycles. The molecule has 7 heteroatoms. The summed E-state index contributed by atoms with van der Waals surface area (Å²) < 4.78 is 0. The molecule has 1 unspecified atom stereocenters. The van der Waals surface area contributed by atoms with E-state index < -0.39 is 0 Å². The van der Waals surface area contributed by atoms with E-state index in [1.165, 1.54) is 56.6 Å². The van der Waals surface area contributed by atoms with Gasteiger partial charge in [0.15, 0.2) is 0 Å². The van der Waals surface area contributed by atoms with Crippen LogP contribution < -0.4 is 5.32 Å². The maximum atomic E-state index is 10.4. The van der Waals surface area contributed by atoms with E-state index in [0.29, 0.717) is 16.6 Å². The molecule has 1 aliphatic carbocycles. The number of halogens is 3. The standard InChI is InChI=1S/C16H23ClN2.C12H11Cl2NO/c1-18-9-8-16(12-18)19-10-6-14(7-11-19)13-2-4-15(17)5-3-13;13-10-4-3-9(7-11(10)14)12(8-1-2-8)15-5-6-16/h2-5,14,16H,6-12H2,1H3;3-4,6-7,15H,1-2,5H2. The minimum absolute atomic E-state index is 0.319. The molecule has 2 saturated heterocycles. The van der Waals surface area contributed by atoms with Gasteiger partial charge in [0.05, 0.1) is 16.6 Å². The van der Waals surface area contributed by atoms with Crippen molar-refractivity contribution in [1.82, 2.24) is 15.1 Å². The molecule has 0 bridgehead atoms. The fourth-order valence-corrected chi connectivity index (χ4v) is 5.51. The topological polar surface area (TPSA) is 35.6 Å². The van der Waals surface area contributed by atoms with Crippen LogP contribution in [0, 0.1) is 0 Å². The van der Waals surface area contributed by atoms with Crippen LogP contribution in [0.1, 0.15) is 49.1 Å². The second-order valence-corrected chi connectivity index (χ2v) is 11.0. The first-order chi connectivity index (χ1) is 16.9. The second-order valence-electron chi connectivity index (χ2n) is 9.72. The van der Waals surface area contributed by atoms with Crippen LogP contribution >= 0.6 is 34.8 Å². The van der Waals surface area contributed by atoms with Crippen molar-refractivity contribution in [2.45, 2.75) is 44.1 Å². The van der Waals surface area contributed by atoms with E-state index in [9.17, 15) is 4.79 Å². The summed E-state index contributed by atoms with van der Waals surface area (Å²) in [5.74, 6) is 0.729. The predicted octanol–water partition coefficient (Wildman–Crippen LogP) is 6.51. The molecule has 1 atom stereocenters. The number of nitrogens with zero attached hydrogens (tertiary/aromatic N) is 2. The molecule has 4 nitrogen and oxygen atoms in total. The Hall–Kier alpha value is -1.56. The predicted molar refractivity (Wildman–Crippen MR) is 148 cm³/mol. The molecule has 3 fully saturated rings. The molecule has 2 aromatic carbocycles. The van der Waals surface area contributed by atoms with Crippen molar-refractivity contribution in [2.24, 2.45) is 0 Å². The Morgan fingerprint density at radius 1 is 0.971 bits per heavy atom. The summed E-state index contributed by atoms with van der Waals surface area (Å²) in [5.41, 5.74) is 4.81. The highest BCUT2D eigenvalue weighted by atomic mass is 35.5. The van der Waals surface area contributed by atoms with Crippen molar-refractivity contribution in [3.63, 3.8) is 0 Å². The molecule has 1 N–H and O–H groups in total. The van der Waals surface area contributed by atoms with Crippen molar-refractivity contribution >= 4 is 46.8 Å². The number of allylic oxidation sites excluding steroid dienone is 1. The summed E-state index contributed by atoms with van der Waals surface area (Å²) in [5, 5.41) is 5.02. The molecule has 0 radical (unpaired) electrons. The fraction of sp³-hybridized carbons (Fsp3) is 0.464. The van der Waals surface area contributed by atoms with Gasteiger partial charge >= 0.3 is 0 Å². The summed E-state index contributed by atoms with van der Waals surface area (Å²) in [7, 11) is 2.24. The Kier molecular flexibility index (Phi) is 9.54. The number of carbonyl (C=O) groups excluding carboxylic acids is 1. The number of likely N-dealkylation sites (tertiary alicyclic amines) is 2. The van der Waals surface area contributed by atoms with Crippen LogP contribution in [0.25, 0.3) is 5.70 Å². The van der Waals surface area contributed by atoms with Crippen LogP contribution in [0.15, 0.2) is 48.0 Å². The van der Waals surface area contributed by atoms with Crippen LogP contribution in [-0.4, -0.2) is 61.9 Å². The van der Waals surface area contributed by atoms with Gasteiger partial charge in [-0.2, -0.15) is 0 Å². The molecule has 0 spiro atoms. The monoisotopic (exact) mass is 533 g/mol. The number of aldehydes is 1. The molecule has 2 aromatic rings. The molecule has 3 aliphatic rings. The average Bonchev–Trinajstić information content (AvgIpc) is 3.62. The summed E-state index contributed by atoms with van der Waals surface area (Å²) in [6.45, 7) is 5.35. The first kappa shape index (κ1) is 26.5. The van der Waals surface area contributed by atoms with E-state index >= 15 is 0 Å². The van der Waals surface area contributed by atoms with Crippen LogP contribution in [-0.2, 0) is 4.79 Å². The lowest BCUT2D eigenvalue weighted by Gasteiger charge is -2.36. The number of hydrogen-bond donors (Lipinski definition) is 1. The highest BCUT2D eigenvalue weighted by molar-refractivity contribution is 6.42. The van der Waals surface area contributed by atoms with E-state index in [1.54, 1.807) is 6.07 Å². The maximum Gasteiger partial charge on any atom is 0.139 e. The van der Waals surface area contributed by atoms with Gasteiger partial charge < -0.3 is 15.0 Å². The van der Waals surface area contributed by atoms with Gasteiger partial charge in [0.25, 0.3) is 0 Å². The van der Waals surface area contributed by atoms with Gasteiger partial charge in [0, 0.05) is 23.3 Å². The highest BCUT2D eigenvalue weighted by Gasteiger charge is 2.29. The third-order valence-electron chi connectivity index (χ3n) is 7.18. The van der Waals surface area contributed by atoms with Crippen LogP contribution in [0.3, 0.4) is 0 Å². The smallest absolute Gasteiger partial charge is 0.139 e. The summed E-state index contributed by atoms with van der Waals surface area (Å²) in [6, 6.07) is 14.7. The van der Waals surface area contributed by atoms with Gasteiger partial charge in [-0.25, -0.2) is 0 Å². The minimum atomic E-state index is 0.319. The molecular formula is C28H34Cl3N3O.